The van der Waals surface area contributed by atoms with E-state index in [1.165, 1.54) is 0 Å². The minimum Gasteiger partial charge on any atom is -0.493 e. The van der Waals surface area contributed by atoms with E-state index >= 15 is 0 Å². The Labute approximate surface area is 210 Å². The van der Waals surface area contributed by atoms with E-state index in [9.17, 15) is 0 Å². The van der Waals surface area contributed by atoms with Gasteiger partial charge in [0.1, 0.15) is 5.69 Å². The van der Waals surface area contributed by atoms with Crippen LogP contribution in [0.25, 0.3) is 11.3 Å². The smallest absolute Gasteiger partial charge is 0.222 e. The fraction of sp³-hybridized carbons (Fsp3) is 0.320. The summed E-state index contributed by atoms with van der Waals surface area (Å²) >= 11 is 5.66. The number of hydrogen-bond donors (Lipinski definition) is 2. The van der Waals surface area contributed by atoms with Crippen molar-refractivity contribution >= 4 is 29.1 Å². The largest absolute Gasteiger partial charge is 0.493 e. The highest BCUT2D eigenvalue weighted by Crippen LogP contribution is 2.36. The summed E-state index contributed by atoms with van der Waals surface area (Å²) in [6.45, 7) is 3.52. The monoisotopic (exact) mass is 494 g/mol. The van der Waals surface area contributed by atoms with Crippen molar-refractivity contribution in [1.29, 1.82) is 0 Å². The summed E-state index contributed by atoms with van der Waals surface area (Å²) in [4.78, 5) is 13.3. The maximum Gasteiger partial charge on any atom is 0.222 e. The molecule has 3 N–H and O–H groups in total. The van der Waals surface area contributed by atoms with E-state index < -0.39 is 0 Å². The third-order valence-corrected chi connectivity index (χ3v) is 6.28. The van der Waals surface area contributed by atoms with Crippen LogP contribution < -0.4 is 30.2 Å². The van der Waals surface area contributed by atoms with E-state index in [4.69, 9.17) is 32.2 Å². The summed E-state index contributed by atoms with van der Waals surface area (Å²) in [5.41, 5.74) is 8.74. The molecule has 0 radical (unpaired) electrons. The van der Waals surface area contributed by atoms with Crippen LogP contribution in [0.3, 0.4) is 0 Å². The van der Waals surface area contributed by atoms with Gasteiger partial charge in [-0.05, 0) is 29.9 Å². The fourth-order valence-corrected chi connectivity index (χ4v) is 4.31. The van der Waals surface area contributed by atoms with Gasteiger partial charge >= 0.3 is 0 Å². The van der Waals surface area contributed by atoms with Crippen molar-refractivity contribution < 1.29 is 14.2 Å². The van der Waals surface area contributed by atoms with Crippen LogP contribution in [-0.4, -0.2) is 67.5 Å². The molecule has 0 spiro atoms. The highest BCUT2D eigenvalue weighted by atomic mass is 32.1. The molecule has 0 amide bonds. The van der Waals surface area contributed by atoms with E-state index in [1.54, 1.807) is 21.3 Å². The summed E-state index contributed by atoms with van der Waals surface area (Å²) < 4.78 is 16.4. The number of nitrogens with two attached hydrogens (primary N) is 1. The van der Waals surface area contributed by atoms with Crippen molar-refractivity contribution in [3.8, 4) is 28.5 Å². The topological polar surface area (TPSA) is 98.0 Å². The number of nitrogen functional groups attached to an aromatic ring is 1. The molecule has 0 unspecified atom stereocenters. The molecule has 1 fully saturated rings. The molecule has 2 aromatic carbocycles. The van der Waals surface area contributed by atoms with Gasteiger partial charge in [0.05, 0.1) is 21.3 Å². The molecule has 10 heteroatoms. The second-order valence-electron chi connectivity index (χ2n) is 7.98. The van der Waals surface area contributed by atoms with Gasteiger partial charge in [-0.3, -0.25) is 0 Å². The summed E-state index contributed by atoms with van der Waals surface area (Å²) in [5.74, 6) is 2.93. The van der Waals surface area contributed by atoms with E-state index in [0.29, 0.717) is 40.4 Å². The van der Waals surface area contributed by atoms with Crippen molar-refractivity contribution in [2.75, 3.05) is 58.1 Å². The average Bonchev–Trinajstić information content (AvgIpc) is 2.91. The lowest BCUT2D eigenvalue weighted by Crippen LogP contribution is -2.51. The number of rotatable bonds is 7. The predicted molar refractivity (Wildman–Crippen MR) is 141 cm³/mol. The number of piperazine rings is 1. The van der Waals surface area contributed by atoms with E-state index in [1.807, 2.05) is 48.5 Å². The first-order chi connectivity index (χ1) is 17.0. The Hall–Kier alpha value is -3.79. The number of nitrogens with one attached hydrogen (secondary N) is 1. The van der Waals surface area contributed by atoms with Gasteiger partial charge in [-0.15, -0.1) is 0 Å². The first kappa shape index (κ1) is 24.3. The van der Waals surface area contributed by atoms with Crippen LogP contribution in [0.1, 0.15) is 5.56 Å². The standard InChI is InChI=1S/C25H30N6O3S/c1-32-19-10-9-17(15-20(19)33-2)16-27-25(35)31-13-11-30(12-14-31)23-22(34-3)21(28-24(26)29-23)18-7-5-4-6-8-18/h4-10,15H,11-14,16H2,1-3H3,(H,27,35)(H2,26,28,29). The van der Waals surface area contributed by atoms with Crippen molar-refractivity contribution in [2.45, 2.75) is 6.54 Å². The highest BCUT2D eigenvalue weighted by Gasteiger charge is 2.25. The SMILES string of the molecule is COc1ccc(CNC(=S)N2CCN(c3nc(N)nc(-c4ccccc4)c3OC)CC2)cc1OC. The maximum absolute atomic E-state index is 6.07. The Morgan fingerprint density at radius 1 is 0.943 bits per heavy atom. The van der Waals surface area contributed by atoms with Gasteiger partial charge in [0, 0.05) is 38.3 Å². The Balaban J connectivity index is 1.41. The molecule has 9 nitrogen and oxygen atoms in total. The first-order valence-corrected chi connectivity index (χ1v) is 11.7. The Bertz CT molecular complexity index is 1170. The molecule has 1 aliphatic heterocycles. The number of benzene rings is 2. The van der Waals surface area contributed by atoms with Gasteiger partial charge in [-0.1, -0.05) is 36.4 Å². The maximum atomic E-state index is 6.07. The van der Waals surface area contributed by atoms with Crippen LogP contribution in [0.4, 0.5) is 11.8 Å². The molecule has 4 rings (SSSR count). The van der Waals surface area contributed by atoms with Gasteiger partial charge in [0.2, 0.25) is 5.95 Å². The molecule has 0 saturated carbocycles. The zero-order chi connectivity index (χ0) is 24.8. The summed E-state index contributed by atoms with van der Waals surface area (Å²) in [6, 6.07) is 15.7. The van der Waals surface area contributed by atoms with E-state index in [-0.39, 0.29) is 5.95 Å². The molecule has 0 atom stereocenters. The summed E-state index contributed by atoms with van der Waals surface area (Å²) in [5, 5.41) is 4.05. The Morgan fingerprint density at radius 2 is 1.66 bits per heavy atom. The number of thiocarbonyl (C=S) groups is 1. The highest BCUT2D eigenvalue weighted by molar-refractivity contribution is 7.80. The minimum absolute atomic E-state index is 0.217. The fourth-order valence-electron chi connectivity index (χ4n) is 4.05. The molecule has 35 heavy (non-hydrogen) atoms. The number of methoxy groups -OCH3 is 3. The van der Waals surface area contributed by atoms with Gasteiger partial charge in [-0.25, -0.2) is 4.98 Å². The predicted octanol–water partition coefficient (Wildman–Crippen LogP) is 2.95. The number of nitrogens with zero attached hydrogens (tertiary/aromatic N) is 4. The van der Waals surface area contributed by atoms with Crippen molar-refractivity contribution in [3.05, 3.63) is 54.1 Å². The zero-order valence-electron chi connectivity index (χ0n) is 20.2. The number of anilines is 2. The van der Waals surface area contributed by atoms with Crippen molar-refractivity contribution in [3.63, 3.8) is 0 Å². The van der Waals surface area contributed by atoms with Crippen molar-refractivity contribution in [2.24, 2.45) is 0 Å². The van der Waals surface area contributed by atoms with Gasteiger partial charge < -0.3 is 35.1 Å². The third kappa shape index (κ3) is 5.48. The molecule has 3 aromatic rings. The molecule has 1 saturated heterocycles. The molecular weight excluding hydrogens is 464 g/mol. The van der Waals surface area contributed by atoms with Crippen LogP contribution in [0.15, 0.2) is 48.5 Å². The second kappa shape index (κ2) is 11.1. The van der Waals surface area contributed by atoms with Crippen LogP contribution >= 0.6 is 12.2 Å². The normalized spacial score (nSPS) is 13.3. The average molecular weight is 495 g/mol. The first-order valence-electron chi connectivity index (χ1n) is 11.3. The Kier molecular flexibility index (Phi) is 7.71. The van der Waals surface area contributed by atoms with Gasteiger partial charge in [-0.2, -0.15) is 4.98 Å². The van der Waals surface area contributed by atoms with Crippen LogP contribution in [-0.2, 0) is 6.54 Å². The molecular formula is C25H30N6O3S. The molecule has 1 aromatic heterocycles. The van der Waals surface area contributed by atoms with Gasteiger partial charge in [0.15, 0.2) is 28.2 Å². The second-order valence-corrected chi connectivity index (χ2v) is 8.36. The number of aromatic nitrogens is 2. The van der Waals surface area contributed by atoms with Gasteiger partial charge in [0.25, 0.3) is 0 Å². The third-order valence-electron chi connectivity index (χ3n) is 5.87. The Morgan fingerprint density at radius 3 is 2.31 bits per heavy atom. The van der Waals surface area contributed by atoms with Crippen LogP contribution in [0.2, 0.25) is 0 Å². The molecule has 2 heterocycles. The van der Waals surface area contributed by atoms with Crippen LogP contribution in [0.5, 0.6) is 17.2 Å². The molecule has 0 bridgehead atoms. The number of ether oxygens (including phenoxy) is 3. The van der Waals surface area contributed by atoms with Crippen LogP contribution in [0, 0.1) is 0 Å². The quantitative estimate of drug-likeness (QED) is 0.477. The summed E-state index contributed by atoms with van der Waals surface area (Å²) in [7, 11) is 4.88. The lowest BCUT2D eigenvalue weighted by atomic mass is 10.1. The zero-order valence-corrected chi connectivity index (χ0v) is 21.0. The number of hydrogen-bond acceptors (Lipinski definition) is 8. The lowest BCUT2D eigenvalue weighted by Gasteiger charge is -2.37. The molecule has 1 aliphatic rings. The summed E-state index contributed by atoms with van der Waals surface area (Å²) in [6.07, 6.45) is 0. The minimum atomic E-state index is 0.217. The van der Waals surface area contributed by atoms with E-state index in [2.05, 4.69) is 25.1 Å². The van der Waals surface area contributed by atoms with E-state index in [0.717, 1.165) is 37.3 Å². The molecule has 0 aliphatic carbocycles. The lowest BCUT2D eigenvalue weighted by molar-refractivity contribution is 0.354. The molecule has 184 valence electrons. The van der Waals surface area contributed by atoms with Crippen molar-refractivity contribution in [1.82, 2.24) is 20.2 Å².